The molecule has 0 radical (unpaired) electrons. The smallest absolute Gasteiger partial charge is 0.410 e. The van der Waals surface area contributed by atoms with Gasteiger partial charge in [-0.25, -0.2) is 4.79 Å². The minimum atomic E-state index is -0.561. The van der Waals surface area contributed by atoms with Gasteiger partial charge >= 0.3 is 6.09 Å². The number of amides is 2. The zero-order chi connectivity index (χ0) is 14.7. The number of likely N-dealkylation sites (N-methyl/N-ethyl adjacent to an activating group) is 2. The van der Waals surface area contributed by atoms with E-state index >= 15 is 0 Å². The highest BCUT2D eigenvalue weighted by Crippen LogP contribution is 2.16. The van der Waals surface area contributed by atoms with Crippen LogP contribution in [0.4, 0.5) is 4.79 Å². The first-order valence-corrected chi connectivity index (χ1v) is 6.14. The number of nitrogens with zero attached hydrogens (tertiary/aromatic N) is 2. The molecule has 0 aliphatic rings. The van der Waals surface area contributed by atoms with Gasteiger partial charge in [-0.05, 0) is 26.7 Å². The first-order chi connectivity index (χ1) is 7.97. The molecule has 18 heavy (non-hydrogen) atoms. The summed E-state index contributed by atoms with van der Waals surface area (Å²) in [6.07, 6.45) is -0.476. The van der Waals surface area contributed by atoms with Crippen molar-refractivity contribution >= 4 is 12.0 Å². The molecule has 1 unspecified atom stereocenters. The Hall–Kier alpha value is -1.26. The SMILES string of the molecule is CC(C)C(C(=O)N(C)C)N(C)C(=O)OC(C)(C)C. The van der Waals surface area contributed by atoms with Gasteiger partial charge < -0.3 is 9.64 Å². The van der Waals surface area contributed by atoms with Crippen molar-refractivity contribution < 1.29 is 14.3 Å². The number of carbonyl (C=O) groups is 2. The monoisotopic (exact) mass is 258 g/mol. The Labute approximate surface area is 110 Å². The topological polar surface area (TPSA) is 49.9 Å². The highest BCUT2D eigenvalue weighted by molar-refractivity contribution is 5.85. The van der Waals surface area contributed by atoms with Crippen molar-refractivity contribution in [1.29, 1.82) is 0 Å². The summed E-state index contributed by atoms with van der Waals surface area (Å²) in [5, 5.41) is 0. The van der Waals surface area contributed by atoms with Crippen LogP contribution >= 0.6 is 0 Å². The zero-order valence-corrected chi connectivity index (χ0v) is 12.8. The Morgan fingerprint density at radius 3 is 1.78 bits per heavy atom. The fourth-order valence-corrected chi connectivity index (χ4v) is 1.61. The second-order valence-electron chi connectivity index (χ2n) is 6.01. The van der Waals surface area contributed by atoms with Crippen molar-refractivity contribution in [3.63, 3.8) is 0 Å². The molecule has 0 N–H and O–H groups in total. The third-order valence-corrected chi connectivity index (χ3v) is 2.42. The Morgan fingerprint density at radius 1 is 1.06 bits per heavy atom. The highest BCUT2D eigenvalue weighted by Gasteiger charge is 2.33. The first-order valence-electron chi connectivity index (χ1n) is 6.14. The van der Waals surface area contributed by atoms with E-state index in [2.05, 4.69) is 0 Å². The lowest BCUT2D eigenvalue weighted by Gasteiger charge is -2.33. The molecule has 0 saturated heterocycles. The van der Waals surface area contributed by atoms with E-state index < -0.39 is 17.7 Å². The van der Waals surface area contributed by atoms with Gasteiger partial charge in [-0.3, -0.25) is 9.69 Å². The van der Waals surface area contributed by atoms with Crippen LogP contribution < -0.4 is 0 Å². The van der Waals surface area contributed by atoms with Crippen molar-refractivity contribution in [2.75, 3.05) is 21.1 Å². The zero-order valence-electron chi connectivity index (χ0n) is 12.8. The number of hydrogen-bond acceptors (Lipinski definition) is 3. The molecular formula is C13H26N2O3. The van der Waals surface area contributed by atoms with E-state index in [4.69, 9.17) is 4.74 Å². The molecule has 5 nitrogen and oxygen atoms in total. The second-order valence-corrected chi connectivity index (χ2v) is 6.01. The summed E-state index contributed by atoms with van der Waals surface area (Å²) in [6.45, 7) is 9.23. The van der Waals surface area contributed by atoms with E-state index in [-0.39, 0.29) is 11.8 Å². The summed E-state index contributed by atoms with van der Waals surface area (Å²) in [4.78, 5) is 26.9. The number of ether oxygens (including phenoxy) is 1. The molecule has 0 aliphatic heterocycles. The Balaban J connectivity index is 4.93. The normalized spacial score (nSPS) is 13.2. The standard InChI is InChI=1S/C13H26N2O3/c1-9(2)10(11(16)14(6)7)15(8)12(17)18-13(3,4)5/h9-10H,1-8H3. The molecule has 2 amide bonds. The molecule has 0 aromatic rings. The van der Waals surface area contributed by atoms with E-state index in [9.17, 15) is 9.59 Å². The maximum absolute atomic E-state index is 12.1. The maximum atomic E-state index is 12.1. The van der Waals surface area contributed by atoms with Gasteiger partial charge in [-0.15, -0.1) is 0 Å². The van der Waals surface area contributed by atoms with Crippen LogP contribution in [0.25, 0.3) is 0 Å². The summed E-state index contributed by atoms with van der Waals surface area (Å²) in [6, 6.07) is -0.505. The van der Waals surface area contributed by atoms with Crippen LogP contribution in [0.5, 0.6) is 0 Å². The van der Waals surface area contributed by atoms with Crippen LogP contribution in [0.15, 0.2) is 0 Å². The van der Waals surface area contributed by atoms with Crippen LogP contribution in [0.3, 0.4) is 0 Å². The van der Waals surface area contributed by atoms with Crippen molar-refractivity contribution in [1.82, 2.24) is 9.80 Å². The van der Waals surface area contributed by atoms with Gasteiger partial charge in [0, 0.05) is 21.1 Å². The lowest BCUT2D eigenvalue weighted by atomic mass is 10.0. The predicted octanol–water partition coefficient (Wildman–Crippen LogP) is 1.97. The second kappa shape index (κ2) is 6.07. The summed E-state index contributed by atoms with van der Waals surface area (Å²) in [7, 11) is 4.96. The molecule has 0 aromatic heterocycles. The maximum Gasteiger partial charge on any atom is 0.410 e. The average Bonchev–Trinajstić information content (AvgIpc) is 2.13. The van der Waals surface area contributed by atoms with Crippen LogP contribution in [0.1, 0.15) is 34.6 Å². The van der Waals surface area contributed by atoms with Crippen LogP contribution in [0.2, 0.25) is 0 Å². The Morgan fingerprint density at radius 2 is 1.50 bits per heavy atom. The van der Waals surface area contributed by atoms with Gasteiger partial charge in [-0.2, -0.15) is 0 Å². The van der Waals surface area contributed by atoms with E-state index in [0.29, 0.717) is 0 Å². The van der Waals surface area contributed by atoms with E-state index in [1.54, 1.807) is 41.9 Å². The molecule has 0 fully saturated rings. The predicted molar refractivity (Wildman–Crippen MR) is 71.3 cm³/mol. The van der Waals surface area contributed by atoms with E-state index in [1.165, 1.54) is 9.80 Å². The van der Waals surface area contributed by atoms with Gasteiger partial charge in [0.15, 0.2) is 0 Å². The number of hydrogen-bond donors (Lipinski definition) is 0. The van der Waals surface area contributed by atoms with E-state index in [1.807, 2.05) is 13.8 Å². The summed E-state index contributed by atoms with van der Waals surface area (Å²) in [5.74, 6) is -0.0734. The molecule has 0 aromatic carbocycles. The number of rotatable bonds is 3. The van der Waals surface area contributed by atoms with Gasteiger partial charge in [0.05, 0.1) is 0 Å². The largest absolute Gasteiger partial charge is 0.444 e. The van der Waals surface area contributed by atoms with Crippen molar-refractivity contribution in [3.05, 3.63) is 0 Å². The quantitative estimate of drug-likeness (QED) is 0.777. The summed E-state index contributed by atoms with van der Waals surface area (Å²) >= 11 is 0. The summed E-state index contributed by atoms with van der Waals surface area (Å²) < 4.78 is 5.28. The Kier molecular flexibility index (Phi) is 5.64. The van der Waals surface area contributed by atoms with Gasteiger partial charge in [0.25, 0.3) is 0 Å². The Bertz CT molecular complexity index is 306. The lowest BCUT2D eigenvalue weighted by molar-refractivity contribution is -0.135. The summed E-state index contributed by atoms with van der Waals surface area (Å²) in [5.41, 5.74) is -0.561. The average molecular weight is 258 g/mol. The van der Waals surface area contributed by atoms with Gasteiger partial charge in [0.2, 0.25) is 5.91 Å². The molecular weight excluding hydrogens is 232 g/mol. The number of carbonyl (C=O) groups excluding carboxylic acids is 2. The molecule has 0 rings (SSSR count). The van der Waals surface area contributed by atoms with Crippen LogP contribution in [0, 0.1) is 5.92 Å². The molecule has 106 valence electrons. The molecule has 0 aliphatic carbocycles. The van der Waals surface area contributed by atoms with Crippen LogP contribution in [-0.4, -0.2) is 54.6 Å². The first kappa shape index (κ1) is 16.7. The molecule has 0 heterocycles. The fraction of sp³-hybridized carbons (Fsp3) is 0.846. The minimum Gasteiger partial charge on any atom is -0.444 e. The molecule has 5 heteroatoms. The van der Waals surface area contributed by atoms with Gasteiger partial charge in [0.1, 0.15) is 11.6 Å². The lowest BCUT2D eigenvalue weighted by Crippen LogP contribution is -2.51. The molecule has 1 atom stereocenters. The van der Waals surface area contributed by atoms with E-state index in [0.717, 1.165) is 0 Å². The van der Waals surface area contributed by atoms with Crippen LogP contribution in [-0.2, 0) is 9.53 Å². The van der Waals surface area contributed by atoms with Gasteiger partial charge in [-0.1, -0.05) is 13.8 Å². The molecule has 0 saturated carbocycles. The third kappa shape index (κ3) is 4.94. The molecule has 0 bridgehead atoms. The van der Waals surface area contributed by atoms with Crippen molar-refractivity contribution in [2.24, 2.45) is 5.92 Å². The van der Waals surface area contributed by atoms with Crippen molar-refractivity contribution in [3.8, 4) is 0 Å². The minimum absolute atomic E-state index is 0.0254. The van der Waals surface area contributed by atoms with Crippen molar-refractivity contribution in [2.45, 2.75) is 46.3 Å². The molecule has 0 spiro atoms. The highest BCUT2D eigenvalue weighted by atomic mass is 16.6. The fourth-order valence-electron chi connectivity index (χ4n) is 1.61. The third-order valence-electron chi connectivity index (χ3n) is 2.42.